The van der Waals surface area contributed by atoms with E-state index in [9.17, 15) is 9.59 Å². The van der Waals surface area contributed by atoms with E-state index in [-0.39, 0.29) is 42.3 Å². The lowest BCUT2D eigenvalue weighted by molar-refractivity contribution is -0.191. The van der Waals surface area contributed by atoms with Gasteiger partial charge in [0.05, 0.1) is 19.1 Å². The summed E-state index contributed by atoms with van der Waals surface area (Å²) in [5.74, 6) is -0.230. The largest absolute Gasteiger partial charge is 0.466 e. The molecule has 8 nitrogen and oxygen atoms in total. The van der Waals surface area contributed by atoms with Crippen molar-refractivity contribution in [3.05, 3.63) is 35.4 Å². The summed E-state index contributed by atoms with van der Waals surface area (Å²) in [6.45, 7) is 12.5. The lowest BCUT2D eigenvalue weighted by Crippen LogP contribution is -2.50. The second-order valence-corrected chi connectivity index (χ2v) is 8.10. The van der Waals surface area contributed by atoms with Crippen molar-refractivity contribution in [3.63, 3.8) is 0 Å². The molecule has 1 aliphatic rings. The quantitative estimate of drug-likeness (QED) is 0.607. The first-order valence-corrected chi connectivity index (χ1v) is 10.6. The van der Waals surface area contributed by atoms with Crippen LogP contribution in [0.3, 0.4) is 0 Å². The molecule has 1 aromatic carbocycles. The van der Waals surface area contributed by atoms with Crippen molar-refractivity contribution in [2.45, 2.75) is 72.6 Å². The van der Waals surface area contributed by atoms with Crippen molar-refractivity contribution < 1.29 is 28.7 Å². The third kappa shape index (κ3) is 8.15. The Hall–Kier alpha value is -2.70. The zero-order chi connectivity index (χ0) is 23.6. The van der Waals surface area contributed by atoms with Gasteiger partial charge in [-0.3, -0.25) is 4.79 Å². The highest BCUT2D eigenvalue weighted by Crippen LogP contribution is 2.32. The number of carbonyl (C=O) groups is 2. The molecule has 0 aliphatic carbocycles. The monoisotopic (exact) mass is 434 g/mol. The summed E-state index contributed by atoms with van der Waals surface area (Å²) in [7, 11) is 0. The molecular formula is C23H34N2O6. The number of carbonyl (C=O) groups excluding carboxylic acids is 4. The maximum Gasteiger partial charge on any atom is 0.424 e. The number of hydrazine groups is 1. The molecule has 1 fully saturated rings. The van der Waals surface area contributed by atoms with Crippen LogP contribution in [0.4, 0.5) is 4.79 Å². The van der Waals surface area contributed by atoms with Gasteiger partial charge in [0.15, 0.2) is 0 Å². The fraction of sp³-hybridized carbons (Fsp3) is 0.609. The van der Waals surface area contributed by atoms with Crippen LogP contribution in [0.2, 0.25) is 0 Å². The molecule has 0 saturated carbocycles. The molecule has 0 bridgehead atoms. The summed E-state index contributed by atoms with van der Waals surface area (Å²) in [6, 6.07) is 8.54. The van der Waals surface area contributed by atoms with Gasteiger partial charge in [0, 0.05) is 24.5 Å². The van der Waals surface area contributed by atoms with Gasteiger partial charge in [0.25, 0.3) is 0 Å². The van der Waals surface area contributed by atoms with Gasteiger partial charge in [-0.25, -0.2) is 14.8 Å². The van der Waals surface area contributed by atoms with Crippen LogP contribution in [0.1, 0.15) is 52.2 Å². The van der Waals surface area contributed by atoms with Crippen LogP contribution in [-0.2, 0) is 30.3 Å². The predicted octanol–water partition coefficient (Wildman–Crippen LogP) is 3.38. The zero-order valence-electron chi connectivity index (χ0n) is 19.3. The van der Waals surface area contributed by atoms with Crippen molar-refractivity contribution in [3.8, 4) is 0 Å². The van der Waals surface area contributed by atoms with Gasteiger partial charge in [0.1, 0.15) is 0 Å². The van der Waals surface area contributed by atoms with Crippen LogP contribution in [0.25, 0.3) is 0 Å². The van der Waals surface area contributed by atoms with Gasteiger partial charge in [-0.1, -0.05) is 29.8 Å². The predicted molar refractivity (Wildman–Crippen MR) is 114 cm³/mol. The van der Waals surface area contributed by atoms with Crippen molar-refractivity contribution in [1.82, 2.24) is 10.0 Å². The van der Waals surface area contributed by atoms with Crippen molar-refractivity contribution in [2.24, 2.45) is 5.92 Å². The zero-order valence-corrected chi connectivity index (χ0v) is 19.3. The average Bonchev–Trinajstić information content (AvgIpc) is 3.02. The van der Waals surface area contributed by atoms with Gasteiger partial charge >= 0.3 is 18.2 Å². The molecular weight excluding hydrogens is 400 g/mol. The molecule has 31 heavy (non-hydrogen) atoms. The van der Waals surface area contributed by atoms with E-state index in [2.05, 4.69) is 50.0 Å². The first-order chi connectivity index (χ1) is 14.6. The Balaban J connectivity index is 0.00000151. The number of hydrogen-bond donors (Lipinski definition) is 0. The summed E-state index contributed by atoms with van der Waals surface area (Å²) in [4.78, 5) is 41.2. The molecule has 0 unspecified atom stereocenters. The number of rotatable bonds is 7. The molecule has 1 aromatic rings. The highest BCUT2D eigenvalue weighted by molar-refractivity contribution is 5.71. The number of benzene rings is 1. The van der Waals surface area contributed by atoms with Crippen molar-refractivity contribution in [2.75, 3.05) is 13.2 Å². The van der Waals surface area contributed by atoms with Crippen LogP contribution >= 0.6 is 0 Å². The standard InChI is InChI=1S/C22H34N2O4.CO2/c1-7-27-21(25)13-19-14-23(22(26)28-16(4)5)24(15(2)3)20(19)12-18-10-8-17(6)9-11-18;2-1-3/h8-11,15-16,19-20H,7,12-14H2,1-6H3;/t19-,20+;/m0./s1. The van der Waals surface area contributed by atoms with Gasteiger partial charge in [-0.2, -0.15) is 9.59 Å². The molecule has 172 valence electrons. The first-order valence-electron chi connectivity index (χ1n) is 10.6. The molecule has 0 N–H and O–H groups in total. The summed E-state index contributed by atoms with van der Waals surface area (Å²) in [5, 5.41) is 3.75. The van der Waals surface area contributed by atoms with Gasteiger partial charge in [-0.15, -0.1) is 0 Å². The minimum atomic E-state index is -0.357. The molecule has 8 heteroatoms. The number of esters is 1. The van der Waals surface area contributed by atoms with Crippen LogP contribution in [0, 0.1) is 12.8 Å². The lowest BCUT2D eigenvalue weighted by Gasteiger charge is -2.35. The Kier molecular flexibility index (Phi) is 10.9. The van der Waals surface area contributed by atoms with E-state index in [4.69, 9.17) is 19.1 Å². The van der Waals surface area contributed by atoms with Crippen LogP contribution in [0.15, 0.2) is 24.3 Å². The maximum absolute atomic E-state index is 12.7. The third-order valence-corrected chi connectivity index (χ3v) is 4.95. The number of nitrogens with zero attached hydrogens (tertiary/aromatic N) is 2. The Labute approximate surface area is 184 Å². The highest BCUT2D eigenvalue weighted by Gasteiger charge is 2.45. The second kappa shape index (κ2) is 12.9. The van der Waals surface area contributed by atoms with Gasteiger partial charge in [0.2, 0.25) is 0 Å². The Morgan fingerprint density at radius 3 is 2.19 bits per heavy atom. The number of amides is 1. The fourth-order valence-corrected chi connectivity index (χ4v) is 3.79. The van der Waals surface area contributed by atoms with E-state index in [1.165, 1.54) is 11.1 Å². The van der Waals surface area contributed by atoms with Crippen molar-refractivity contribution in [1.29, 1.82) is 0 Å². The van der Waals surface area contributed by atoms with Crippen LogP contribution in [-0.4, -0.2) is 59.6 Å². The Bertz CT molecular complexity index is 741. The van der Waals surface area contributed by atoms with E-state index in [0.29, 0.717) is 19.6 Å². The summed E-state index contributed by atoms with van der Waals surface area (Å²) in [6.07, 6.45) is 0.748. The van der Waals surface area contributed by atoms with Crippen molar-refractivity contribution >= 4 is 18.2 Å². The molecule has 1 heterocycles. The Morgan fingerprint density at radius 2 is 1.71 bits per heavy atom. The molecule has 2 rings (SSSR count). The van der Waals surface area contributed by atoms with Crippen LogP contribution in [0.5, 0.6) is 0 Å². The normalized spacial score (nSPS) is 18.4. The average molecular weight is 435 g/mol. The molecule has 0 aromatic heterocycles. The number of hydrogen-bond acceptors (Lipinski definition) is 7. The maximum atomic E-state index is 12.7. The smallest absolute Gasteiger partial charge is 0.424 e. The first kappa shape index (κ1) is 26.3. The summed E-state index contributed by atoms with van der Waals surface area (Å²) < 4.78 is 10.6. The van der Waals surface area contributed by atoms with E-state index >= 15 is 0 Å². The fourth-order valence-electron chi connectivity index (χ4n) is 3.79. The minimum Gasteiger partial charge on any atom is -0.466 e. The summed E-state index contributed by atoms with van der Waals surface area (Å²) in [5.41, 5.74) is 2.40. The molecule has 0 radical (unpaired) electrons. The number of ether oxygens (including phenoxy) is 2. The molecule has 1 aliphatic heterocycles. The van der Waals surface area contributed by atoms with E-state index < -0.39 is 0 Å². The molecule has 1 saturated heterocycles. The van der Waals surface area contributed by atoms with Gasteiger partial charge < -0.3 is 9.47 Å². The summed E-state index contributed by atoms with van der Waals surface area (Å²) >= 11 is 0. The molecule has 1 amide bonds. The topological polar surface area (TPSA) is 93.2 Å². The van der Waals surface area contributed by atoms with E-state index in [0.717, 1.165) is 6.42 Å². The molecule has 0 spiro atoms. The minimum absolute atomic E-state index is 0.0116. The van der Waals surface area contributed by atoms with E-state index in [1.54, 1.807) is 5.01 Å². The molecule has 2 atom stereocenters. The highest BCUT2D eigenvalue weighted by atomic mass is 16.6. The number of aryl methyl sites for hydroxylation is 1. The SMILES string of the molecule is CCOC(=O)C[C@H]1CN(C(=O)OC(C)C)N(C(C)C)[C@@H]1Cc1ccc(C)cc1.O=C=O. The van der Waals surface area contributed by atoms with E-state index in [1.807, 2.05) is 20.8 Å². The van der Waals surface area contributed by atoms with Gasteiger partial charge in [-0.05, 0) is 53.5 Å². The van der Waals surface area contributed by atoms with Crippen LogP contribution < -0.4 is 0 Å². The Morgan fingerprint density at radius 1 is 1.13 bits per heavy atom. The second-order valence-electron chi connectivity index (χ2n) is 8.10. The third-order valence-electron chi connectivity index (χ3n) is 4.95. The lowest BCUT2D eigenvalue weighted by atomic mass is 9.91.